The van der Waals surface area contributed by atoms with Gasteiger partial charge in [0.05, 0.1) is 22.4 Å². The minimum atomic E-state index is -4.55. The molecule has 12 heteroatoms. The van der Waals surface area contributed by atoms with Crippen LogP contribution >= 0.6 is 23.6 Å². The molecule has 7 rings (SSSR count). The number of halogens is 1. The van der Waals surface area contributed by atoms with Crippen molar-refractivity contribution in [1.29, 1.82) is 0 Å². The van der Waals surface area contributed by atoms with Crippen LogP contribution in [0.1, 0.15) is 51.7 Å². The Morgan fingerprint density at radius 3 is 2.31 bits per heavy atom. The van der Waals surface area contributed by atoms with Crippen LogP contribution < -0.4 is 61.5 Å². The van der Waals surface area contributed by atoms with E-state index in [2.05, 4.69) is 96.1 Å². The summed E-state index contributed by atoms with van der Waals surface area (Å²) in [4.78, 5) is 2.79. The van der Waals surface area contributed by atoms with Gasteiger partial charge in [0.15, 0.2) is 5.71 Å². The summed E-state index contributed by atoms with van der Waals surface area (Å²) in [7, 11) is -0.418. The van der Waals surface area contributed by atoms with Gasteiger partial charge in [0.2, 0.25) is 5.69 Å². The summed E-state index contributed by atoms with van der Waals surface area (Å²) in [6, 6.07) is 18.6. The summed E-state index contributed by atoms with van der Waals surface area (Å²) in [5, 5.41) is 18.4. The molecule has 0 aromatic heterocycles. The van der Waals surface area contributed by atoms with Crippen LogP contribution in [-0.2, 0) is 30.3 Å². The first-order valence-corrected chi connectivity index (χ1v) is 18.7. The van der Waals surface area contributed by atoms with Crippen molar-refractivity contribution in [1.82, 2.24) is 0 Å². The van der Waals surface area contributed by atoms with Crippen LogP contribution in [0.5, 0.6) is 0 Å². The van der Waals surface area contributed by atoms with Gasteiger partial charge in [0, 0.05) is 51.5 Å². The van der Waals surface area contributed by atoms with E-state index in [0.717, 1.165) is 95.9 Å². The third kappa shape index (κ3) is 6.68. The maximum atomic E-state index is 11.7. The van der Waals surface area contributed by atoms with E-state index in [9.17, 15) is 18.2 Å². The summed E-state index contributed by atoms with van der Waals surface area (Å²) in [6.45, 7) is 8.79. The molecule has 0 radical (unpaired) electrons. The molecule has 0 saturated carbocycles. The fourth-order valence-electron chi connectivity index (χ4n) is 8.09. The Morgan fingerprint density at radius 1 is 0.902 bits per heavy atom. The third-order valence-corrected chi connectivity index (χ3v) is 12.4. The first-order chi connectivity index (χ1) is 23.6. The van der Waals surface area contributed by atoms with Gasteiger partial charge in [-0.15, -0.1) is 0 Å². The molecule has 0 amide bonds. The summed E-state index contributed by atoms with van der Waals surface area (Å²) >= 11 is 7.93. The Hall–Kier alpha value is -2.10. The van der Waals surface area contributed by atoms with Crippen LogP contribution in [0.15, 0.2) is 117 Å². The van der Waals surface area contributed by atoms with Crippen LogP contribution in [0.2, 0.25) is 0 Å². The first kappa shape index (κ1) is 38.6. The van der Waals surface area contributed by atoms with Gasteiger partial charge in [-0.2, -0.15) is 8.91 Å². The van der Waals surface area contributed by atoms with Crippen molar-refractivity contribution in [2.45, 2.75) is 61.2 Å². The van der Waals surface area contributed by atoms with Crippen LogP contribution in [0.3, 0.4) is 0 Å². The zero-order valence-electron chi connectivity index (χ0n) is 29.5. The molecule has 0 saturated heterocycles. The SMILES string of the molecule is CN1C(=C/C=C2\CCC(C=CC3=[N+](C)c4ccc5cc(S(=O)(=O)[O-])ccc5c4C3(C)C)=C2Cl)C(C)(C)c2c1ccc1cc(SOO[O-])ccc21.[K+]. The number of fused-ring (bicyclic) bond motifs is 6. The van der Waals surface area contributed by atoms with Crippen molar-refractivity contribution in [3.05, 3.63) is 118 Å². The van der Waals surface area contributed by atoms with Crippen molar-refractivity contribution in [2.24, 2.45) is 0 Å². The maximum Gasteiger partial charge on any atom is 1.00 e. The number of rotatable bonds is 7. The second kappa shape index (κ2) is 14.3. The van der Waals surface area contributed by atoms with Gasteiger partial charge in [-0.05, 0) is 107 Å². The summed E-state index contributed by atoms with van der Waals surface area (Å²) < 4.78 is 41.7. The number of allylic oxidation sites excluding steroid dienone is 8. The van der Waals surface area contributed by atoms with E-state index in [1.54, 1.807) is 6.07 Å². The molecule has 0 atom stereocenters. The summed E-state index contributed by atoms with van der Waals surface area (Å²) in [5.74, 6) is 0. The molecule has 0 unspecified atom stereocenters. The second-order valence-electron chi connectivity index (χ2n) is 14.0. The third-order valence-electron chi connectivity index (χ3n) is 10.5. The predicted molar refractivity (Wildman–Crippen MR) is 197 cm³/mol. The molecule has 0 fully saturated rings. The monoisotopic (exact) mass is 766 g/mol. The van der Waals surface area contributed by atoms with Gasteiger partial charge in [-0.3, -0.25) is 5.04 Å². The van der Waals surface area contributed by atoms with Crippen molar-refractivity contribution in [2.75, 3.05) is 19.0 Å². The largest absolute Gasteiger partial charge is 1.00 e. The van der Waals surface area contributed by atoms with Crippen LogP contribution in [0.25, 0.3) is 21.5 Å². The molecule has 0 bridgehead atoms. The molecule has 51 heavy (non-hydrogen) atoms. The van der Waals surface area contributed by atoms with Crippen LogP contribution in [0.4, 0.5) is 11.4 Å². The Bertz CT molecular complexity index is 2400. The zero-order valence-corrected chi connectivity index (χ0v) is 35.0. The molecular formula is C39H36ClKN2O6S2. The van der Waals surface area contributed by atoms with E-state index < -0.39 is 10.1 Å². The van der Waals surface area contributed by atoms with Crippen molar-refractivity contribution < 1.29 is 83.6 Å². The molecule has 0 spiro atoms. The van der Waals surface area contributed by atoms with Gasteiger partial charge in [0.1, 0.15) is 17.2 Å². The van der Waals surface area contributed by atoms with E-state index >= 15 is 0 Å². The molecule has 2 aliphatic heterocycles. The van der Waals surface area contributed by atoms with Gasteiger partial charge in [-0.1, -0.05) is 55.8 Å². The van der Waals surface area contributed by atoms with Crippen LogP contribution in [-0.4, -0.2) is 37.4 Å². The van der Waals surface area contributed by atoms with Gasteiger partial charge in [0.25, 0.3) is 0 Å². The second-order valence-corrected chi connectivity index (χ2v) is 16.6. The van der Waals surface area contributed by atoms with Crippen molar-refractivity contribution >= 4 is 72.4 Å². The number of anilines is 1. The summed E-state index contributed by atoms with van der Waals surface area (Å²) in [5.41, 5.74) is 8.27. The average Bonchev–Trinajstić information content (AvgIpc) is 3.59. The molecule has 8 nitrogen and oxygen atoms in total. The van der Waals surface area contributed by atoms with Gasteiger partial charge < -0.3 is 14.7 Å². The maximum absolute atomic E-state index is 11.7. The molecule has 2 heterocycles. The fraction of sp³-hybridized carbons (Fsp3) is 0.256. The zero-order chi connectivity index (χ0) is 35.7. The number of benzene rings is 4. The van der Waals surface area contributed by atoms with Gasteiger partial charge >= 0.3 is 51.4 Å². The topological polar surface area (TPSA) is 105 Å². The average molecular weight is 767 g/mol. The molecule has 0 N–H and O–H groups in total. The normalized spacial score (nSPS) is 19.7. The van der Waals surface area contributed by atoms with E-state index in [1.807, 2.05) is 31.3 Å². The number of likely N-dealkylation sites (N-methyl/N-ethyl adjacent to an activating group) is 1. The first-order valence-electron chi connectivity index (χ1n) is 16.2. The Kier molecular flexibility index (Phi) is 10.8. The van der Waals surface area contributed by atoms with Crippen molar-refractivity contribution in [3.63, 3.8) is 0 Å². The molecule has 4 aromatic rings. The number of hydrogen-bond acceptors (Lipinski definition) is 8. The number of nitrogens with zero attached hydrogens (tertiary/aromatic N) is 2. The predicted octanol–water partition coefficient (Wildman–Crippen LogP) is 5.22. The molecule has 4 aromatic carbocycles. The van der Waals surface area contributed by atoms with E-state index in [4.69, 9.17) is 11.6 Å². The minimum Gasteiger partial charge on any atom is -0.744 e. The van der Waals surface area contributed by atoms with E-state index in [-0.39, 0.29) is 67.1 Å². The smallest absolute Gasteiger partial charge is 0.744 e. The Morgan fingerprint density at radius 2 is 1.59 bits per heavy atom. The summed E-state index contributed by atoms with van der Waals surface area (Å²) in [6.07, 6.45) is 10.3. The molecular weight excluding hydrogens is 731 g/mol. The van der Waals surface area contributed by atoms with E-state index in [1.165, 1.54) is 17.7 Å². The Balaban J connectivity index is 0.00000448. The molecule has 258 valence electrons. The number of hydrogen-bond donors (Lipinski definition) is 0. The standard InChI is InChI=1S/C39H37ClN2O6S2.K/c1-38(2)33(41(5)31-17-9-25-21-27(49-48-47-43)13-15-29(25)35(31)38)19-11-23-7-8-24(37(23)40)12-20-34-39(3,4)36-30-16-14-28(50(44,45)46)22-26(30)10-18-32(36)42(34)6;/h9-22H,7-8H2,1-6H3,(H-,43,44,45,46);/q;+1/p-1. The molecule has 1 aliphatic carbocycles. The molecule has 3 aliphatic rings. The quantitative estimate of drug-likeness (QED) is 0.0631. The van der Waals surface area contributed by atoms with E-state index in [0.29, 0.717) is 0 Å². The Labute approximate surface area is 350 Å². The fourth-order valence-corrected chi connectivity index (χ4v) is 9.31. The van der Waals surface area contributed by atoms with Crippen molar-refractivity contribution in [3.8, 4) is 0 Å². The minimum absolute atomic E-state index is 0. The van der Waals surface area contributed by atoms with Crippen LogP contribution in [0, 0.1) is 0 Å². The van der Waals surface area contributed by atoms with Gasteiger partial charge in [-0.25, -0.2) is 8.42 Å².